The molecule has 110 valence electrons. The molecule has 2 rings (SSSR count). The van der Waals surface area contributed by atoms with E-state index in [0.717, 1.165) is 4.90 Å². The molecule has 0 N–H and O–H groups in total. The number of Topliss-reactive ketones (excluding diaryl/α,β-unsaturated/α-hetero) is 1. The molecule has 0 spiro atoms. The minimum Gasteiger partial charge on any atom is -0.500 e. The van der Waals surface area contributed by atoms with Crippen LogP contribution in [0.1, 0.15) is 43.1 Å². The highest BCUT2D eigenvalue weighted by Gasteiger charge is 2.37. The molecule has 1 aliphatic rings. The number of methoxy groups -OCH3 is 1. The largest absolute Gasteiger partial charge is 0.500 e. The summed E-state index contributed by atoms with van der Waals surface area (Å²) in [5.41, 5.74) is 1.92. The van der Waals surface area contributed by atoms with Gasteiger partial charge in [0.25, 0.3) is 5.91 Å². The first kappa shape index (κ1) is 15.0. The third-order valence-corrected chi connectivity index (χ3v) is 3.49. The van der Waals surface area contributed by atoms with E-state index in [1.165, 1.54) is 21.0 Å². The first-order valence-corrected chi connectivity index (χ1v) is 6.69. The zero-order chi connectivity index (χ0) is 15.7. The summed E-state index contributed by atoms with van der Waals surface area (Å²) in [4.78, 5) is 36.9. The maximum absolute atomic E-state index is 12.5. The van der Waals surface area contributed by atoms with Crippen LogP contribution in [0.2, 0.25) is 0 Å². The number of carbonyl (C=O) groups is 3. The lowest BCUT2D eigenvalue weighted by Gasteiger charge is -2.12. The summed E-state index contributed by atoms with van der Waals surface area (Å²) in [6.45, 7) is 4.66. The fourth-order valence-electron chi connectivity index (χ4n) is 2.49. The third kappa shape index (κ3) is 2.35. The Kier molecular flexibility index (Phi) is 3.93. The number of rotatable bonds is 3. The van der Waals surface area contributed by atoms with Crippen molar-refractivity contribution < 1.29 is 19.1 Å². The van der Waals surface area contributed by atoms with Crippen LogP contribution < -0.4 is 4.90 Å². The summed E-state index contributed by atoms with van der Waals surface area (Å²) in [5, 5.41) is 0. The molecule has 2 amide bonds. The Hall–Kier alpha value is -2.43. The van der Waals surface area contributed by atoms with Crippen molar-refractivity contribution in [3.05, 3.63) is 35.1 Å². The Bertz CT molecular complexity index is 667. The van der Waals surface area contributed by atoms with Crippen molar-refractivity contribution in [2.24, 2.45) is 0 Å². The molecule has 0 unspecified atom stereocenters. The molecule has 0 aliphatic carbocycles. The van der Waals surface area contributed by atoms with Gasteiger partial charge < -0.3 is 4.74 Å². The monoisotopic (exact) mass is 287 g/mol. The molecule has 0 radical (unpaired) electrons. The number of nitrogens with zero attached hydrogens (tertiary/aromatic N) is 1. The van der Waals surface area contributed by atoms with Crippen molar-refractivity contribution in [1.82, 2.24) is 0 Å². The first-order chi connectivity index (χ1) is 9.92. The fraction of sp³-hybridized carbons (Fsp3) is 0.312. The van der Waals surface area contributed by atoms with Gasteiger partial charge in [-0.15, -0.1) is 0 Å². The van der Waals surface area contributed by atoms with Gasteiger partial charge in [0.05, 0.1) is 18.4 Å². The molecule has 1 heterocycles. The normalized spacial score (nSPS) is 15.8. The predicted molar refractivity (Wildman–Crippen MR) is 78.8 cm³/mol. The van der Waals surface area contributed by atoms with E-state index in [1.807, 2.05) is 6.92 Å². The number of fused-ring (bicyclic) bond motifs is 1. The molecule has 5 heteroatoms. The summed E-state index contributed by atoms with van der Waals surface area (Å²) in [7, 11) is 1.49. The highest BCUT2D eigenvalue weighted by atomic mass is 16.5. The summed E-state index contributed by atoms with van der Waals surface area (Å²) in [5.74, 6) is -0.359. The van der Waals surface area contributed by atoms with Gasteiger partial charge >= 0.3 is 0 Å². The average Bonchev–Trinajstić information content (AvgIpc) is 2.72. The van der Waals surface area contributed by atoms with Gasteiger partial charge in [-0.2, -0.15) is 0 Å². The van der Waals surface area contributed by atoms with Crippen LogP contribution in [-0.4, -0.2) is 24.7 Å². The summed E-state index contributed by atoms with van der Waals surface area (Å²) >= 11 is 0. The quantitative estimate of drug-likeness (QED) is 0.487. The topological polar surface area (TPSA) is 63.7 Å². The summed E-state index contributed by atoms with van der Waals surface area (Å²) in [6, 6.07) is 4.88. The third-order valence-electron chi connectivity index (χ3n) is 3.49. The maximum Gasteiger partial charge on any atom is 0.269 e. The Morgan fingerprint density at radius 2 is 1.90 bits per heavy atom. The van der Waals surface area contributed by atoms with E-state index in [4.69, 9.17) is 4.74 Å². The number of hydrogen-bond acceptors (Lipinski definition) is 4. The summed E-state index contributed by atoms with van der Waals surface area (Å²) < 4.78 is 5.27. The van der Waals surface area contributed by atoms with Crippen LogP contribution in [0.25, 0.3) is 5.57 Å². The van der Waals surface area contributed by atoms with Gasteiger partial charge in [0.15, 0.2) is 5.78 Å². The van der Waals surface area contributed by atoms with Crippen molar-refractivity contribution in [3.63, 3.8) is 0 Å². The van der Waals surface area contributed by atoms with Gasteiger partial charge in [0.1, 0.15) is 5.76 Å². The van der Waals surface area contributed by atoms with Gasteiger partial charge in [0.2, 0.25) is 5.91 Å². The molecule has 1 aromatic carbocycles. The van der Waals surface area contributed by atoms with E-state index in [9.17, 15) is 14.4 Å². The molecule has 1 aromatic rings. The van der Waals surface area contributed by atoms with Crippen LogP contribution in [0.15, 0.2) is 24.0 Å². The van der Waals surface area contributed by atoms with Crippen molar-refractivity contribution in [3.8, 4) is 0 Å². The number of amides is 2. The number of allylic oxidation sites excluding steroid dienone is 1. The minimum atomic E-state index is -0.406. The lowest BCUT2D eigenvalue weighted by molar-refractivity contribution is -0.122. The van der Waals surface area contributed by atoms with Gasteiger partial charge in [-0.25, -0.2) is 4.90 Å². The molecule has 0 atom stereocenters. The fourth-order valence-corrected chi connectivity index (χ4v) is 2.49. The minimum absolute atomic E-state index is 0.0960. The van der Waals surface area contributed by atoms with Crippen LogP contribution in [0, 0.1) is 0 Å². The van der Waals surface area contributed by atoms with Crippen molar-refractivity contribution in [1.29, 1.82) is 0 Å². The Morgan fingerprint density at radius 3 is 2.38 bits per heavy atom. The second kappa shape index (κ2) is 5.52. The predicted octanol–water partition coefficient (Wildman–Crippen LogP) is 2.55. The lowest BCUT2D eigenvalue weighted by Crippen LogP contribution is -2.31. The van der Waals surface area contributed by atoms with Crippen LogP contribution in [-0.2, 0) is 14.3 Å². The molecule has 0 saturated carbocycles. The zero-order valence-corrected chi connectivity index (χ0v) is 12.5. The molecule has 0 saturated heterocycles. The van der Waals surface area contributed by atoms with Crippen molar-refractivity contribution >= 4 is 28.9 Å². The van der Waals surface area contributed by atoms with Gasteiger partial charge in [-0.05, 0) is 25.1 Å². The van der Waals surface area contributed by atoms with Gasteiger partial charge in [0, 0.05) is 24.5 Å². The zero-order valence-electron chi connectivity index (χ0n) is 12.5. The first-order valence-electron chi connectivity index (χ1n) is 6.69. The molecule has 21 heavy (non-hydrogen) atoms. The van der Waals surface area contributed by atoms with Crippen LogP contribution in [0.4, 0.5) is 5.69 Å². The molecule has 1 aliphatic heterocycles. The smallest absolute Gasteiger partial charge is 0.269 e. The Labute approximate surface area is 123 Å². The second-order valence-electron chi connectivity index (χ2n) is 4.80. The Morgan fingerprint density at radius 1 is 1.24 bits per heavy atom. The molecule has 5 nitrogen and oxygen atoms in total. The maximum atomic E-state index is 12.5. The van der Waals surface area contributed by atoms with E-state index in [0.29, 0.717) is 34.6 Å². The summed E-state index contributed by atoms with van der Waals surface area (Å²) in [6.07, 6.45) is 0.521. The molecule has 0 aromatic heterocycles. The van der Waals surface area contributed by atoms with Crippen LogP contribution in [0.3, 0.4) is 0 Å². The standard InChI is InChI=1S/C16H17NO4/c1-5-14(21-4)15-12-8-11(9(2)18)6-7-13(12)17(10(3)19)16(15)20/h6-8H,5H2,1-4H3. The highest BCUT2D eigenvalue weighted by molar-refractivity contribution is 6.40. The van der Waals surface area contributed by atoms with E-state index in [2.05, 4.69) is 0 Å². The molecule has 0 bridgehead atoms. The number of ketones is 1. The second-order valence-corrected chi connectivity index (χ2v) is 4.80. The number of ether oxygens (including phenoxy) is 1. The molecular formula is C16H17NO4. The SMILES string of the molecule is CCC(OC)=C1C(=O)N(C(C)=O)c2ccc(C(C)=O)cc21. The van der Waals surface area contributed by atoms with E-state index in [1.54, 1.807) is 18.2 Å². The number of benzene rings is 1. The Balaban J connectivity index is 2.76. The van der Waals surface area contributed by atoms with Crippen molar-refractivity contribution in [2.45, 2.75) is 27.2 Å². The van der Waals surface area contributed by atoms with Gasteiger partial charge in [-0.1, -0.05) is 6.92 Å². The number of hydrogen-bond donors (Lipinski definition) is 0. The number of imide groups is 1. The number of carbonyl (C=O) groups excluding carboxylic acids is 3. The van der Waals surface area contributed by atoms with Crippen LogP contribution >= 0.6 is 0 Å². The number of anilines is 1. The van der Waals surface area contributed by atoms with E-state index < -0.39 is 5.91 Å². The molecular weight excluding hydrogens is 270 g/mol. The van der Waals surface area contributed by atoms with Gasteiger partial charge in [-0.3, -0.25) is 14.4 Å². The van der Waals surface area contributed by atoms with Crippen LogP contribution in [0.5, 0.6) is 0 Å². The molecule has 0 fully saturated rings. The highest BCUT2D eigenvalue weighted by Crippen LogP contribution is 2.40. The average molecular weight is 287 g/mol. The van der Waals surface area contributed by atoms with E-state index in [-0.39, 0.29) is 11.7 Å². The lowest BCUT2D eigenvalue weighted by atomic mass is 10.0. The van der Waals surface area contributed by atoms with Crippen molar-refractivity contribution in [2.75, 3.05) is 12.0 Å². The van der Waals surface area contributed by atoms with E-state index >= 15 is 0 Å².